The summed E-state index contributed by atoms with van der Waals surface area (Å²) in [5.74, 6) is 5.51. The highest BCUT2D eigenvalue weighted by molar-refractivity contribution is 5.96. The van der Waals surface area contributed by atoms with Crippen molar-refractivity contribution < 1.29 is 39.2 Å². The molecule has 0 aromatic carbocycles. The van der Waals surface area contributed by atoms with E-state index >= 15 is 0 Å². The van der Waals surface area contributed by atoms with Gasteiger partial charge in [0.25, 0.3) is 5.78 Å². The molecule has 54 heavy (non-hydrogen) atoms. The van der Waals surface area contributed by atoms with Crippen LogP contribution in [-0.2, 0) is 23.9 Å². The number of ketones is 2. The van der Waals surface area contributed by atoms with Crippen LogP contribution in [0.4, 0.5) is 14.0 Å². The molecule has 18 heteroatoms. The molecule has 2 aliphatic heterocycles. The minimum absolute atomic E-state index is 0. The van der Waals surface area contributed by atoms with E-state index in [0.717, 1.165) is 56.2 Å². The number of alkyl halides is 1. The van der Waals surface area contributed by atoms with Crippen LogP contribution in [0.25, 0.3) is 5.78 Å². The van der Waals surface area contributed by atoms with Gasteiger partial charge in [-0.2, -0.15) is 4.98 Å². The topological polar surface area (TPSA) is 244 Å². The highest BCUT2D eigenvalue weighted by Crippen LogP contribution is 2.31. The number of hydrogen-bond acceptors (Lipinski definition) is 12. The average Bonchev–Trinajstić information content (AvgIpc) is 3.48. The first-order chi connectivity index (χ1) is 25.0. The summed E-state index contributed by atoms with van der Waals surface area (Å²) in [6.45, 7) is 19.1. The molecular weight excluding hydrogens is 703 g/mol. The van der Waals surface area contributed by atoms with Crippen molar-refractivity contribution >= 4 is 41.8 Å². The van der Waals surface area contributed by atoms with Crippen molar-refractivity contribution in [3.05, 3.63) is 23.3 Å². The molecule has 0 radical (unpaired) electrons. The summed E-state index contributed by atoms with van der Waals surface area (Å²) >= 11 is 0. The van der Waals surface area contributed by atoms with Gasteiger partial charge in [-0.05, 0) is 114 Å². The zero-order chi connectivity index (χ0) is 41.8. The predicted octanol–water partition coefficient (Wildman–Crippen LogP) is 5.09. The van der Waals surface area contributed by atoms with Crippen LogP contribution in [0.3, 0.4) is 0 Å². The number of guanidine groups is 1. The van der Waals surface area contributed by atoms with Crippen molar-refractivity contribution in [1.82, 2.24) is 29.4 Å². The third-order valence-electron chi connectivity index (χ3n) is 7.04. The first-order valence-corrected chi connectivity index (χ1v) is 17.3. The lowest BCUT2D eigenvalue weighted by atomic mass is 10.0. The van der Waals surface area contributed by atoms with Gasteiger partial charge in [0.1, 0.15) is 29.1 Å². The summed E-state index contributed by atoms with van der Waals surface area (Å²) in [6.07, 6.45) is 5.81. The molecule has 0 saturated carbocycles. The van der Waals surface area contributed by atoms with Crippen LogP contribution in [0.5, 0.6) is 0 Å². The number of aryl methyl sites for hydroxylation is 2. The Morgan fingerprint density at radius 3 is 1.81 bits per heavy atom. The molecule has 2 amide bonds. The summed E-state index contributed by atoms with van der Waals surface area (Å²) in [5, 5.41) is 7.46. The van der Waals surface area contributed by atoms with E-state index in [-0.39, 0.29) is 55.6 Å². The maximum Gasteiger partial charge on any atom is 0.410 e. The standard InChI is InChI=1S/C17H25N5O2.C11H19NO3.C5H8O2.CH3F.CH6N4.CH4/c1-11-10-12(2)22-15(18-11)19-14(20-22)13-8-6-7-9-21(13)16(23)24-17(3,4)5;1-11(2,3)15-10(14)12-7-5-4-6-9(12)8-13;1-4(6)3-5(2)7;1-2;2-1(3)5-4;/h10,13H,6-9H2,1-5H3;8-9H,4-7H2,1-3H3;3H2,1-2H3;1H3;4H2,(H4,2,3,5);1H4/i;;;1D;;. The zero-order valence-corrected chi connectivity index (χ0v) is 33.0. The molecule has 0 aliphatic carbocycles. The summed E-state index contributed by atoms with van der Waals surface area (Å²) in [6, 6.07) is 1.52. The third kappa shape index (κ3) is 19.8. The van der Waals surface area contributed by atoms with E-state index in [2.05, 4.69) is 26.0 Å². The molecule has 17 nitrogen and oxygen atoms in total. The van der Waals surface area contributed by atoms with Gasteiger partial charge in [0, 0.05) is 24.5 Å². The second kappa shape index (κ2) is 24.4. The van der Waals surface area contributed by atoms with Gasteiger partial charge in [-0.3, -0.25) is 23.8 Å². The third-order valence-corrected chi connectivity index (χ3v) is 7.04. The maximum atomic E-state index is 12.6. The van der Waals surface area contributed by atoms with E-state index in [1.165, 1.54) is 18.7 Å². The molecule has 2 atom stereocenters. The summed E-state index contributed by atoms with van der Waals surface area (Å²) in [4.78, 5) is 67.4. The first-order valence-electron chi connectivity index (χ1n) is 18.0. The number of likely N-dealkylation sites (tertiary alicyclic amines) is 2. The summed E-state index contributed by atoms with van der Waals surface area (Å²) < 4.78 is 28.0. The number of fused-ring (bicyclic) bond motifs is 1. The second-order valence-electron chi connectivity index (χ2n) is 14.4. The smallest absolute Gasteiger partial charge is 0.410 e. The molecule has 2 saturated heterocycles. The Bertz CT molecular complexity index is 1530. The number of ether oxygens (including phenoxy) is 2. The van der Waals surface area contributed by atoms with Crippen LogP contribution in [-0.4, -0.2) is 103 Å². The van der Waals surface area contributed by atoms with Crippen molar-refractivity contribution in [2.24, 2.45) is 22.4 Å². The number of amides is 2. The van der Waals surface area contributed by atoms with Crippen molar-refractivity contribution in [3.63, 3.8) is 0 Å². The van der Waals surface area contributed by atoms with E-state index in [1.54, 1.807) is 9.42 Å². The molecule has 4 rings (SSSR count). The average molecular weight is 770 g/mol. The fourth-order valence-corrected chi connectivity index (χ4v) is 5.06. The molecule has 2 aromatic rings. The number of Topliss-reactive ketones (excluding diaryl/α,β-unsaturated/α-hetero) is 2. The number of hydrogen-bond donors (Lipinski definition) is 3. The Morgan fingerprint density at radius 2 is 1.39 bits per heavy atom. The zero-order valence-electron chi connectivity index (χ0n) is 34.0. The van der Waals surface area contributed by atoms with Crippen LogP contribution >= 0.6 is 0 Å². The quantitative estimate of drug-likeness (QED) is 0.0918. The van der Waals surface area contributed by atoms with E-state index < -0.39 is 18.4 Å². The Kier molecular flexibility index (Phi) is 22.2. The van der Waals surface area contributed by atoms with Gasteiger partial charge in [-0.25, -0.2) is 19.1 Å². The van der Waals surface area contributed by atoms with Gasteiger partial charge in [0.2, 0.25) is 5.96 Å². The van der Waals surface area contributed by atoms with Gasteiger partial charge in [-0.15, -0.1) is 10.2 Å². The van der Waals surface area contributed by atoms with Crippen LogP contribution in [0.15, 0.2) is 11.2 Å². The fraction of sp³-hybridized carbons (Fsp3) is 0.694. The lowest BCUT2D eigenvalue weighted by Gasteiger charge is -2.35. The lowest BCUT2D eigenvalue weighted by Crippen LogP contribution is -2.46. The largest absolute Gasteiger partial charge is 0.444 e. The normalized spacial score (nSPS) is 16.6. The second-order valence-corrected chi connectivity index (χ2v) is 14.4. The number of piperidine rings is 2. The van der Waals surface area contributed by atoms with Crippen molar-refractivity contribution in [2.45, 2.75) is 145 Å². The fourth-order valence-electron chi connectivity index (χ4n) is 5.06. The number of nitrogens with zero attached hydrogens (tertiary/aromatic N) is 7. The van der Waals surface area contributed by atoms with Gasteiger partial charge < -0.3 is 31.6 Å². The SMILES string of the molecule is C.CC(=O)CC(C)=O.CC(C)(C)OC(=O)N1CCCCC1C=O.Cc1cc(C)n2nc(C3CCCCN3C(=O)OC(C)(C)C)nc2n1.NN=C(N)N.[2H]CF. The van der Waals surface area contributed by atoms with Crippen molar-refractivity contribution in [1.29, 1.82) is 0 Å². The Labute approximate surface area is 321 Å². The monoisotopic (exact) mass is 770 g/mol. The van der Waals surface area contributed by atoms with Crippen molar-refractivity contribution in [3.8, 4) is 0 Å². The van der Waals surface area contributed by atoms with E-state index in [9.17, 15) is 28.4 Å². The number of hydrazone groups is 1. The Hall–Kier alpha value is -4.90. The van der Waals surface area contributed by atoms with Crippen LogP contribution in [0, 0.1) is 13.8 Å². The summed E-state index contributed by atoms with van der Waals surface area (Å²) in [7, 11) is -1.00. The van der Waals surface area contributed by atoms with Gasteiger partial charge in [0.15, 0.2) is 5.82 Å². The van der Waals surface area contributed by atoms with Crippen LogP contribution < -0.4 is 17.3 Å². The lowest BCUT2D eigenvalue weighted by molar-refractivity contribution is -0.124. The van der Waals surface area contributed by atoms with Gasteiger partial charge in [-0.1, -0.05) is 7.43 Å². The Morgan fingerprint density at radius 1 is 0.926 bits per heavy atom. The highest BCUT2D eigenvalue weighted by Gasteiger charge is 2.34. The molecule has 2 aliphatic rings. The molecule has 2 fully saturated rings. The number of aldehydes is 1. The molecule has 4 heterocycles. The molecule has 0 bridgehead atoms. The molecular formula is C36H65FN10O7. The number of carbonyl (C=O) groups excluding carboxylic acids is 5. The number of halogens is 1. The van der Waals surface area contributed by atoms with Crippen LogP contribution in [0.1, 0.15) is 132 Å². The predicted molar refractivity (Wildman–Crippen MR) is 206 cm³/mol. The van der Waals surface area contributed by atoms with E-state index in [4.69, 9.17) is 22.3 Å². The number of rotatable bonds is 4. The van der Waals surface area contributed by atoms with Gasteiger partial charge in [0.05, 0.1) is 27.0 Å². The Balaban J connectivity index is 0. The van der Waals surface area contributed by atoms with Crippen LogP contribution in [0.2, 0.25) is 0 Å². The number of nitrogens with two attached hydrogens (primary N) is 3. The van der Waals surface area contributed by atoms with E-state index in [0.29, 0.717) is 24.7 Å². The molecule has 6 N–H and O–H groups in total. The van der Waals surface area contributed by atoms with Gasteiger partial charge >= 0.3 is 12.2 Å². The number of carbonyl (C=O) groups is 5. The summed E-state index contributed by atoms with van der Waals surface area (Å²) in [5.41, 5.74) is 10.3. The highest BCUT2D eigenvalue weighted by atomic mass is 19.1. The van der Waals surface area contributed by atoms with E-state index in [1.807, 2.05) is 61.5 Å². The first kappa shape index (κ1) is 49.1. The van der Waals surface area contributed by atoms with Crippen molar-refractivity contribution in [2.75, 3.05) is 20.2 Å². The number of aromatic nitrogens is 4. The molecule has 2 unspecified atom stereocenters. The molecule has 2 aromatic heterocycles. The molecule has 0 spiro atoms. The maximum absolute atomic E-state index is 12.6. The molecule has 308 valence electrons. The minimum Gasteiger partial charge on any atom is -0.444 e. The minimum atomic E-state index is -1.00.